The average Bonchev–Trinajstić information content (AvgIpc) is 2.96. The van der Waals surface area contributed by atoms with Crippen molar-refractivity contribution < 1.29 is 52.8 Å². The molecule has 7 N–H and O–H groups in total. The molecule has 1 aromatic heterocycles. The first-order valence-corrected chi connectivity index (χ1v) is 14.2. The lowest BCUT2D eigenvalue weighted by atomic mass is 9.80. The van der Waals surface area contributed by atoms with Crippen molar-refractivity contribution >= 4 is 39.2 Å². The Hall–Kier alpha value is -1.16. The third kappa shape index (κ3) is 5.29. The van der Waals surface area contributed by atoms with E-state index in [2.05, 4.69) is 24.1 Å². The number of aromatic nitrogens is 2. The fourth-order valence-electron chi connectivity index (χ4n) is 4.09. The molecule has 198 valence electrons. The summed E-state index contributed by atoms with van der Waals surface area (Å²) < 4.78 is 31.1. The minimum absolute atomic E-state index is 0.0349. The molecule has 0 bridgehead atoms. The maximum Gasteiger partial charge on any atom is 0.481 e. The summed E-state index contributed by atoms with van der Waals surface area (Å²) in [4.78, 5) is 47.6. The van der Waals surface area contributed by atoms with Crippen LogP contribution in [-0.4, -0.2) is 84.9 Å². The predicted molar refractivity (Wildman–Crippen MR) is 122 cm³/mol. The number of hydrogen-bond acceptors (Lipinski definition) is 12. The van der Waals surface area contributed by atoms with E-state index in [0.29, 0.717) is 17.2 Å². The van der Waals surface area contributed by atoms with E-state index >= 15 is 0 Å². The highest BCUT2D eigenvalue weighted by molar-refractivity contribution is 8.01. The number of carboxylic acids is 1. The van der Waals surface area contributed by atoms with Gasteiger partial charge in [0.25, 0.3) is 0 Å². The molecule has 15 nitrogen and oxygen atoms in total. The number of anilines is 1. The molecule has 1 aromatic rings. The van der Waals surface area contributed by atoms with Gasteiger partial charge < -0.3 is 35.3 Å². The normalized spacial score (nSPS) is 29.7. The minimum Gasteiger partial charge on any atom is -0.479 e. The zero-order valence-electron chi connectivity index (χ0n) is 19.2. The first-order chi connectivity index (χ1) is 15.8. The summed E-state index contributed by atoms with van der Waals surface area (Å²) >= 11 is 1.07. The van der Waals surface area contributed by atoms with Crippen LogP contribution in [0.5, 0.6) is 0 Å². The summed E-state index contributed by atoms with van der Waals surface area (Å²) in [5, 5.41) is 34.7. The molecule has 0 aliphatic carbocycles. The molecule has 0 amide bonds. The molecule has 3 rings (SSSR count). The van der Waals surface area contributed by atoms with Crippen molar-refractivity contribution in [1.29, 1.82) is 0 Å². The van der Waals surface area contributed by atoms with Gasteiger partial charge in [-0.3, -0.25) is 9.42 Å². The van der Waals surface area contributed by atoms with Crippen molar-refractivity contribution in [3.05, 3.63) is 17.6 Å². The van der Waals surface area contributed by atoms with Crippen molar-refractivity contribution in [2.45, 2.75) is 68.1 Å². The molecule has 0 saturated carbocycles. The second kappa shape index (κ2) is 9.30. The Kier molecular flexibility index (Phi) is 7.55. The molecule has 6 atom stereocenters. The van der Waals surface area contributed by atoms with Gasteiger partial charge >= 0.3 is 21.6 Å². The van der Waals surface area contributed by atoms with Gasteiger partial charge in [-0.15, -0.1) is 11.8 Å². The first-order valence-electron chi connectivity index (χ1n) is 10.3. The lowest BCUT2D eigenvalue weighted by Gasteiger charge is -2.54. The Morgan fingerprint density at radius 3 is 2.54 bits per heavy atom. The van der Waals surface area contributed by atoms with E-state index in [1.807, 2.05) is 0 Å². The van der Waals surface area contributed by atoms with E-state index in [-0.39, 0.29) is 13.0 Å². The third-order valence-corrected chi connectivity index (χ3v) is 10.5. The molecule has 0 spiro atoms. The summed E-state index contributed by atoms with van der Waals surface area (Å²) in [7, 11) is -10.3. The van der Waals surface area contributed by atoms with E-state index in [0.717, 1.165) is 18.7 Å². The Bertz CT molecular complexity index is 1100. The first kappa shape index (κ1) is 28.4. The molecule has 18 heteroatoms. The van der Waals surface area contributed by atoms with Crippen LogP contribution in [0.15, 0.2) is 6.20 Å². The number of fused-ring (bicyclic) bond motifs is 2. The number of aliphatic hydroxyl groups is 2. The van der Waals surface area contributed by atoms with Crippen LogP contribution < -0.4 is 5.32 Å². The van der Waals surface area contributed by atoms with Gasteiger partial charge in [-0.25, -0.2) is 23.9 Å². The van der Waals surface area contributed by atoms with Gasteiger partial charge in [0, 0.05) is 29.6 Å². The molecule has 35 heavy (non-hydrogen) atoms. The molecule has 3 heterocycles. The molecule has 0 aromatic carbocycles. The number of aliphatic carboxylic acids is 1. The van der Waals surface area contributed by atoms with Gasteiger partial charge in [0.15, 0.2) is 10.6 Å². The van der Waals surface area contributed by atoms with Crippen LogP contribution in [0.2, 0.25) is 0 Å². The molecular weight excluding hydrogens is 530 g/mol. The fourth-order valence-corrected chi connectivity index (χ4v) is 7.63. The summed E-state index contributed by atoms with van der Waals surface area (Å²) in [6.45, 7) is 5.33. The van der Waals surface area contributed by atoms with Gasteiger partial charge in [-0.2, -0.15) is 4.31 Å². The van der Waals surface area contributed by atoms with Crippen molar-refractivity contribution in [2.75, 3.05) is 11.9 Å². The number of rotatable bonds is 9. The third-order valence-electron chi connectivity index (χ3n) is 6.26. The maximum absolute atomic E-state index is 11.9. The quantitative estimate of drug-likeness (QED) is 0.203. The average molecular weight is 558 g/mol. The van der Waals surface area contributed by atoms with Gasteiger partial charge in [-0.1, -0.05) is 0 Å². The van der Waals surface area contributed by atoms with E-state index < -0.39 is 55.7 Å². The van der Waals surface area contributed by atoms with Crippen LogP contribution in [0, 0.1) is 6.92 Å². The van der Waals surface area contributed by atoms with Crippen molar-refractivity contribution in [1.82, 2.24) is 14.9 Å². The van der Waals surface area contributed by atoms with Crippen LogP contribution in [0.1, 0.15) is 38.6 Å². The fraction of sp³-hybridized carbons (Fsp3) is 0.706. The van der Waals surface area contributed by atoms with Crippen molar-refractivity contribution in [2.24, 2.45) is 0 Å². The summed E-state index contributed by atoms with van der Waals surface area (Å²) in [6.07, 6.45) is 1.63. The van der Waals surface area contributed by atoms with E-state index in [1.165, 1.54) is 6.92 Å². The lowest BCUT2D eigenvalue weighted by molar-refractivity contribution is -0.202. The molecular formula is C17H28N4O11P2S. The smallest absolute Gasteiger partial charge is 0.479 e. The number of nitrogens with zero attached hydrogens (tertiary/aromatic N) is 3. The maximum atomic E-state index is 11.9. The second-order valence-electron chi connectivity index (χ2n) is 8.70. The number of nitrogens with one attached hydrogen (secondary N) is 1. The van der Waals surface area contributed by atoms with Crippen LogP contribution in [0.4, 0.5) is 5.82 Å². The van der Waals surface area contributed by atoms with E-state index in [9.17, 15) is 34.1 Å². The number of aryl methyl sites for hydroxylation is 1. The van der Waals surface area contributed by atoms with Crippen LogP contribution >= 0.6 is 27.4 Å². The predicted octanol–water partition coefficient (Wildman–Crippen LogP) is 0.373. The summed E-state index contributed by atoms with van der Waals surface area (Å²) in [5.74, 6) is -0.880. The topological polar surface area (TPSA) is 232 Å². The van der Waals surface area contributed by atoms with Gasteiger partial charge in [-0.05, 0) is 34.1 Å². The van der Waals surface area contributed by atoms with Crippen LogP contribution in [-0.2, 0) is 29.3 Å². The van der Waals surface area contributed by atoms with Crippen LogP contribution in [0.25, 0.3) is 0 Å². The number of carboxylic acid groups (broad SMARTS) is 1. The number of carbonyl (C=O) groups is 1. The van der Waals surface area contributed by atoms with Crippen LogP contribution in [0.3, 0.4) is 0 Å². The summed E-state index contributed by atoms with van der Waals surface area (Å²) in [6, 6.07) is -0.414. The SMILES string of the molecule is Cc1ncc2c(n1)N[C@]1([C@@](C)(O)[C@](C)(O)C(=O)O)S[C@H](CCOP(=O)(O)OP(=O)(O)O)[C@H](C)N1C2. The Morgan fingerprint density at radius 1 is 1.34 bits per heavy atom. The Balaban J connectivity index is 1.93. The highest BCUT2D eigenvalue weighted by atomic mass is 32.2. The largest absolute Gasteiger partial charge is 0.481 e. The Morgan fingerprint density at radius 2 is 1.97 bits per heavy atom. The second-order valence-corrected chi connectivity index (χ2v) is 13.0. The van der Waals surface area contributed by atoms with E-state index in [4.69, 9.17) is 9.79 Å². The lowest BCUT2D eigenvalue weighted by Crippen LogP contribution is -2.74. The molecule has 1 saturated heterocycles. The van der Waals surface area contributed by atoms with Gasteiger partial charge in [0.1, 0.15) is 17.2 Å². The number of phosphoric ester groups is 1. The minimum atomic E-state index is -5.28. The van der Waals surface area contributed by atoms with Gasteiger partial charge in [0.2, 0.25) is 0 Å². The molecule has 1 fully saturated rings. The highest BCUT2D eigenvalue weighted by Gasteiger charge is 2.69. The summed E-state index contributed by atoms with van der Waals surface area (Å²) in [5.41, 5.74) is -4.27. The standard InChI is InChI=1S/C17H28N4O11P2S/c1-9-12(5-6-31-34(29,30)32-33(26,27)28)35-17(16(4,25)15(3,24)14(22)23)20-13-11(8-21(9)17)7-18-10(2)19-13/h7,9,12,24-25H,5-6,8H2,1-4H3,(H,22,23)(H,29,30)(H,18,19,20)(H2,26,27,28)/t9-,12+,15+,16-,17-/m0/s1. The van der Waals surface area contributed by atoms with Gasteiger partial charge in [0.05, 0.1) is 6.61 Å². The molecule has 2 aliphatic heterocycles. The number of thioether (sulfide) groups is 1. The monoisotopic (exact) mass is 558 g/mol. The van der Waals surface area contributed by atoms with E-state index in [1.54, 1.807) is 24.9 Å². The zero-order chi connectivity index (χ0) is 26.6. The van der Waals surface area contributed by atoms with Crippen molar-refractivity contribution in [3.8, 4) is 0 Å². The zero-order valence-corrected chi connectivity index (χ0v) is 21.8. The number of phosphoric acid groups is 2. The Labute approximate surface area is 204 Å². The molecule has 0 radical (unpaired) electrons. The van der Waals surface area contributed by atoms with Crippen molar-refractivity contribution in [3.63, 3.8) is 0 Å². The number of hydrogen-bond donors (Lipinski definition) is 7. The molecule has 2 aliphatic rings. The highest BCUT2D eigenvalue weighted by Crippen LogP contribution is 2.59. The molecule has 1 unspecified atom stereocenters.